The Balaban J connectivity index is 1.69. The Kier molecular flexibility index (Phi) is 5.23. The maximum Gasteiger partial charge on any atom is 0.274 e. The molecule has 0 bridgehead atoms. The van der Waals surface area contributed by atoms with Gasteiger partial charge in [0, 0.05) is 19.2 Å². The minimum absolute atomic E-state index is 0.141. The fourth-order valence-electron chi connectivity index (χ4n) is 2.96. The van der Waals surface area contributed by atoms with Gasteiger partial charge in [0.1, 0.15) is 11.7 Å². The second-order valence-corrected chi connectivity index (χ2v) is 6.02. The van der Waals surface area contributed by atoms with Crippen LogP contribution in [0.3, 0.4) is 0 Å². The summed E-state index contributed by atoms with van der Waals surface area (Å²) in [5.74, 6) is -0.503. The highest BCUT2D eigenvalue weighted by Crippen LogP contribution is 2.19. The molecule has 1 atom stereocenters. The Morgan fingerprint density at radius 2 is 1.96 bits per heavy atom. The molecule has 3 rings (SSSR count). The summed E-state index contributed by atoms with van der Waals surface area (Å²) in [6.45, 7) is 0.929. The molecule has 2 N–H and O–H groups in total. The van der Waals surface area contributed by atoms with Crippen LogP contribution in [0.5, 0.6) is 0 Å². The zero-order valence-electron chi connectivity index (χ0n) is 13.8. The number of nitrogens with one attached hydrogen (secondary N) is 2. The Labute approximate surface area is 145 Å². The van der Waals surface area contributed by atoms with Crippen LogP contribution in [0, 0.1) is 0 Å². The molecule has 1 aliphatic heterocycles. The number of H-pyrrole nitrogens is 1. The van der Waals surface area contributed by atoms with Gasteiger partial charge in [-0.05, 0) is 30.9 Å². The van der Waals surface area contributed by atoms with Gasteiger partial charge < -0.3 is 10.2 Å². The molecule has 0 spiro atoms. The third-order valence-corrected chi connectivity index (χ3v) is 4.27. The summed E-state index contributed by atoms with van der Waals surface area (Å²) >= 11 is 0. The van der Waals surface area contributed by atoms with Crippen LogP contribution in [-0.4, -0.2) is 39.5 Å². The van der Waals surface area contributed by atoms with Crippen molar-refractivity contribution in [2.45, 2.75) is 31.8 Å². The number of hydrogen-bond acceptors (Lipinski definition) is 4. The van der Waals surface area contributed by atoms with Gasteiger partial charge in [-0.2, -0.15) is 5.10 Å². The van der Waals surface area contributed by atoms with Crippen molar-refractivity contribution >= 4 is 11.8 Å². The fraction of sp³-hybridized carbons (Fsp3) is 0.333. The van der Waals surface area contributed by atoms with Gasteiger partial charge in [0.05, 0.1) is 0 Å². The number of amides is 2. The maximum atomic E-state index is 12.7. The number of likely N-dealkylation sites (tertiary alicyclic amines) is 1. The summed E-state index contributed by atoms with van der Waals surface area (Å²) in [5.41, 5.74) is 0.779. The lowest BCUT2D eigenvalue weighted by Gasteiger charge is -2.34. The van der Waals surface area contributed by atoms with Gasteiger partial charge in [0.15, 0.2) is 0 Å². The molecule has 7 nitrogen and oxygen atoms in total. The van der Waals surface area contributed by atoms with Crippen molar-refractivity contribution in [3.63, 3.8) is 0 Å². The smallest absolute Gasteiger partial charge is 0.274 e. The van der Waals surface area contributed by atoms with Gasteiger partial charge in [-0.25, -0.2) is 5.10 Å². The number of nitrogens with zero attached hydrogens (tertiary/aromatic N) is 2. The van der Waals surface area contributed by atoms with Gasteiger partial charge in [-0.3, -0.25) is 14.4 Å². The van der Waals surface area contributed by atoms with Crippen molar-refractivity contribution in [3.8, 4) is 0 Å². The number of aromatic amines is 1. The molecule has 25 heavy (non-hydrogen) atoms. The van der Waals surface area contributed by atoms with Crippen LogP contribution in [0.4, 0.5) is 0 Å². The van der Waals surface area contributed by atoms with Gasteiger partial charge in [0.2, 0.25) is 5.91 Å². The molecule has 1 aliphatic rings. The zero-order chi connectivity index (χ0) is 17.6. The largest absolute Gasteiger partial charge is 0.350 e. The highest BCUT2D eigenvalue weighted by Gasteiger charge is 2.33. The van der Waals surface area contributed by atoms with E-state index in [4.69, 9.17) is 0 Å². The van der Waals surface area contributed by atoms with Crippen molar-refractivity contribution in [1.82, 2.24) is 20.4 Å². The first-order valence-electron chi connectivity index (χ1n) is 8.33. The molecular weight excluding hydrogens is 320 g/mol. The number of carbonyl (C=O) groups excluding carboxylic acids is 2. The van der Waals surface area contributed by atoms with Crippen LogP contribution in [0.2, 0.25) is 0 Å². The van der Waals surface area contributed by atoms with Crippen LogP contribution in [0.15, 0.2) is 47.3 Å². The van der Waals surface area contributed by atoms with E-state index in [1.54, 1.807) is 4.90 Å². The number of aromatic nitrogens is 2. The van der Waals surface area contributed by atoms with Crippen molar-refractivity contribution in [2.75, 3.05) is 6.54 Å². The lowest BCUT2D eigenvalue weighted by atomic mass is 10.0. The van der Waals surface area contributed by atoms with E-state index in [1.165, 1.54) is 12.1 Å². The van der Waals surface area contributed by atoms with Crippen LogP contribution in [0.25, 0.3) is 0 Å². The summed E-state index contributed by atoms with van der Waals surface area (Å²) in [4.78, 5) is 37.9. The number of piperidine rings is 1. The average Bonchev–Trinajstić information content (AvgIpc) is 2.67. The Morgan fingerprint density at radius 1 is 1.16 bits per heavy atom. The van der Waals surface area contributed by atoms with Crippen molar-refractivity contribution in [2.24, 2.45) is 0 Å². The van der Waals surface area contributed by atoms with E-state index < -0.39 is 6.04 Å². The summed E-state index contributed by atoms with van der Waals surface area (Å²) in [5, 5.41) is 8.94. The van der Waals surface area contributed by atoms with E-state index in [1.807, 2.05) is 30.3 Å². The number of hydrogen-bond donors (Lipinski definition) is 2. The molecule has 2 heterocycles. The summed E-state index contributed by atoms with van der Waals surface area (Å²) in [6, 6.07) is 11.8. The van der Waals surface area contributed by atoms with Gasteiger partial charge in [-0.1, -0.05) is 30.3 Å². The van der Waals surface area contributed by atoms with E-state index in [2.05, 4.69) is 15.5 Å². The van der Waals surface area contributed by atoms with E-state index >= 15 is 0 Å². The first-order chi connectivity index (χ1) is 12.1. The fourth-order valence-corrected chi connectivity index (χ4v) is 2.96. The molecule has 0 radical (unpaired) electrons. The van der Waals surface area contributed by atoms with Crippen molar-refractivity contribution < 1.29 is 9.59 Å². The molecule has 0 aliphatic carbocycles. The van der Waals surface area contributed by atoms with Crippen LogP contribution >= 0.6 is 0 Å². The lowest BCUT2D eigenvalue weighted by molar-refractivity contribution is -0.126. The summed E-state index contributed by atoms with van der Waals surface area (Å²) < 4.78 is 0. The van der Waals surface area contributed by atoms with Crippen molar-refractivity contribution in [1.29, 1.82) is 0 Å². The number of benzene rings is 1. The first kappa shape index (κ1) is 16.9. The summed E-state index contributed by atoms with van der Waals surface area (Å²) in [6.07, 6.45) is 2.36. The predicted molar refractivity (Wildman–Crippen MR) is 91.8 cm³/mol. The van der Waals surface area contributed by atoms with E-state index in [-0.39, 0.29) is 23.1 Å². The Morgan fingerprint density at radius 3 is 2.68 bits per heavy atom. The number of rotatable bonds is 4. The SMILES string of the molecule is O=C(NCc1ccccc1)C1CCCCN1C(=O)c1ccc(=O)[nH]n1. The van der Waals surface area contributed by atoms with E-state index in [0.29, 0.717) is 19.5 Å². The standard InChI is InChI=1S/C18H20N4O3/c23-16-10-9-14(20-21-16)18(25)22-11-5-4-8-15(22)17(24)19-12-13-6-2-1-3-7-13/h1-3,6-7,9-10,15H,4-5,8,11-12H2,(H,19,24)(H,21,23). The zero-order valence-corrected chi connectivity index (χ0v) is 13.8. The molecule has 1 fully saturated rings. The molecule has 1 aromatic heterocycles. The number of carbonyl (C=O) groups is 2. The molecule has 2 amide bonds. The second-order valence-electron chi connectivity index (χ2n) is 6.02. The third kappa shape index (κ3) is 4.12. The minimum atomic E-state index is -0.515. The van der Waals surface area contributed by atoms with Crippen molar-refractivity contribution in [3.05, 3.63) is 64.1 Å². The van der Waals surface area contributed by atoms with E-state index in [0.717, 1.165) is 18.4 Å². The normalized spacial score (nSPS) is 17.1. The van der Waals surface area contributed by atoms with Crippen LogP contribution < -0.4 is 10.9 Å². The highest BCUT2D eigenvalue weighted by molar-refractivity contribution is 5.96. The van der Waals surface area contributed by atoms with Gasteiger partial charge >= 0.3 is 0 Å². The average molecular weight is 340 g/mol. The molecule has 1 unspecified atom stereocenters. The Bertz CT molecular complexity index is 783. The van der Waals surface area contributed by atoms with Gasteiger partial charge in [0.25, 0.3) is 11.5 Å². The molecule has 130 valence electrons. The molecule has 1 saturated heterocycles. The second kappa shape index (κ2) is 7.74. The molecule has 7 heteroatoms. The predicted octanol–water partition coefficient (Wildman–Crippen LogP) is 1.08. The van der Waals surface area contributed by atoms with Crippen LogP contribution in [-0.2, 0) is 11.3 Å². The molecule has 2 aromatic rings. The molecular formula is C18H20N4O3. The first-order valence-corrected chi connectivity index (χ1v) is 8.33. The summed E-state index contributed by atoms with van der Waals surface area (Å²) in [7, 11) is 0. The van der Waals surface area contributed by atoms with E-state index in [9.17, 15) is 14.4 Å². The maximum absolute atomic E-state index is 12.7. The quantitative estimate of drug-likeness (QED) is 0.871. The highest BCUT2D eigenvalue weighted by atomic mass is 16.2. The van der Waals surface area contributed by atoms with Crippen LogP contribution in [0.1, 0.15) is 35.3 Å². The molecule has 1 aromatic carbocycles. The topological polar surface area (TPSA) is 95.2 Å². The monoisotopic (exact) mass is 340 g/mol. The minimum Gasteiger partial charge on any atom is -0.350 e. The van der Waals surface area contributed by atoms with Gasteiger partial charge in [-0.15, -0.1) is 0 Å². The lowest BCUT2D eigenvalue weighted by Crippen LogP contribution is -2.52. The Hall–Kier alpha value is -2.96. The third-order valence-electron chi connectivity index (χ3n) is 4.27. The molecule has 0 saturated carbocycles.